The fourth-order valence-corrected chi connectivity index (χ4v) is 4.35. The third-order valence-corrected chi connectivity index (χ3v) is 5.61. The van der Waals surface area contributed by atoms with Gasteiger partial charge in [-0.3, -0.25) is 0 Å². The maximum absolute atomic E-state index is 12.3. The molecule has 5 nitrogen and oxygen atoms in total. The van der Waals surface area contributed by atoms with E-state index < -0.39 is 10.2 Å². The molecule has 0 radical (unpaired) electrons. The zero-order valence-corrected chi connectivity index (χ0v) is 13.2. The number of piperidine rings is 1. The monoisotopic (exact) mass is 311 g/mol. The quantitative estimate of drug-likeness (QED) is 0.825. The number of rotatable bonds is 3. The van der Waals surface area contributed by atoms with Crippen molar-refractivity contribution in [3.8, 4) is 0 Å². The molecule has 2 unspecified atom stereocenters. The highest BCUT2D eigenvalue weighted by molar-refractivity contribution is 7.87. The van der Waals surface area contributed by atoms with Crippen LogP contribution in [0.4, 0.5) is 0 Å². The smallest absolute Gasteiger partial charge is 0.279 e. The van der Waals surface area contributed by atoms with Crippen LogP contribution in [0.2, 0.25) is 0 Å². The Morgan fingerprint density at radius 2 is 1.74 bits per heavy atom. The summed E-state index contributed by atoms with van der Waals surface area (Å²) in [7, 11) is -3.30. The summed E-state index contributed by atoms with van der Waals surface area (Å²) < 4.78 is 29.2. The number of hydrogen-bond acceptors (Lipinski definition) is 3. The van der Waals surface area contributed by atoms with Gasteiger partial charge in [-0.25, -0.2) is 0 Å². The molecule has 2 atom stereocenters. The van der Waals surface area contributed by atoms with Gasteiger partial charge in [0.25, 0.3) is 10.2 Å². The second kappa shape index (κ2) is 7.78. The van der Waals surface area contributed by atoms with E-state index in [9.17, 15) is 8.42 Å². The predicted molar refractivity (Wildman–Crippen MR) is 79.8 cm³/mol. The Kier molecular flexibility index (Phi) is 7.04. The van der Waals surface area contributed by atoms with Gasteiger partial charge in [-0.1, -0.05) is 12.8 Å². The van der Waals surface area contributed by atoms with E-state index in [1.165, 1.54) is 0 Å². The highest BCUT2D eigenvalue weighted by atomic mass is 35.5. The molecule has 7 heteroatoms. The van der Waals surface area contributed by atoms with Gasteiger partial charge in [0.05, 0.1) is 0 Å². The van der Waals surface area contributed by atoms with Gasteiger partial charge in [-0.05, 0) is 39.2 Å². The number of nitrogens with zero attached hydrogens (tertiary/aromatic N) is 1. The minimum atomic E-state index is -3.30. The van der Waals surface area contributed by atoms with Crippen molar-refractivity contribution in [1.29, 1.82) is 0 Å². The number of halogens is 1. The van der Waals surface area contributed by atoms with Gasteiger partial charge in [-0.15, -0.1) is 12.4 Å². The van der Waals surface area contributed by atoms with Crippen LogP contribution in [-0.4, -0.2) is 44.4 Å². The summed E-state index contributed by atoms with van der Waals surface area (Å²) >= 11 is 0. The predicted octanol–water partition coefficient (Wildman–Crippen LogP) is 1.26. The van der Waals surface area contributed by atoms with Crippen LogP contribution in [0.5, 0.6) is 0 Å². The minimum Gasteiger partial charge on any atom is -0.313 e. The van der Waals surface area contributed by atoms with Crippen molar-refractivity contribution in [2.75, 3.05) is 19.6 Å². The van der Waals surface area contributed by atoms with Crippen molar-refractivity contribution in [1.82, 2.24) is 14.3 Å². The number of hydrogen-bond donors (Lipinski definition) is 2. The third kappa shape index (κ3) is 4.86. The van der Waals surface area contributed by atoms with Crippen LogP contribution in [0.25, 0.3) is 0 Å². The lowest BCUT2D eigenvalue weighted by molar-refractivity contribution is 0.334. The lowest BCUT2D eigenvalue weighted by Gasteiger charge is -2.32. The van der Waals surface area contributed by atoms with E-state index in [4.69, 9.17) is 0 Å². The molecule has 0 aromatic rings. The number of nitrogens with one attached hydrogen (secondary N) is 2. The van der Waals surface area contributed by atoms with Crippen LogP contribution in [0.3, 0.4) is 0 Å². The van der Waals surface area contributed by atoms with Crippen LogP contribution in [-0.2, 0) is 10.2 Å². The SMILES string of the molecule is CC1NCCCC1NS(=O)(=O)N1CCCCCC1.Cl. The largest absolute Gasteiger partial charge is 0.313 e. The first-order valence-corrected chi connectivity index (χ1v) is 8.54. The molecule has 0 aromatic heterocycles. The molecule has 0 bridgehead atoms. The molecule has 2 saturated heterocycles. The first kappa shape index (κ1) is 17.2. The molecule has 0 aromatic carbocycles. The summed E-state index contributed by atoms with van der Waals surface area (Å²) in [6.07, 6.45) is 6.23. The lowest BCUT2D eigenvalue weighted by atomic mass is 10.0. The molecule has 0 saturated carbocycles. The van der Waals surface area contributed by atoms with E-state index in [1.807, 2.05) is 0 Å². The summed E-state index contributed by atoms with van der Waals surface area (Å²) in [5.41, 5.74) is 0. The van der Waals surface area contributed by atoms with E-state index in [1.54, 1.807) is 4.31 Å². The van der Waals surface area contributed by atoms with Gasteiger partial charge in [0.1, 0.15) is 0 Å². The van der Waals surface area contributed by atoms with Crippen LogP contribution >= 0.6 is 12.4 Å². The van der Waals surface area contributed by atoms with E-state index in [0.717, 1.165) is 45.1 Å². The lowest BCUT2D eigenvalue weighted by Crippen LogP contribution is -2.55. The topological polar surface area (TPSA) is 61.4 Å². The van der Waals surface area contributed by atoms with Crippen molar-refractivity contribution >= 4 is 22.6 Å². The Labute approximate surface area is 123 Å². The molecular formula is C12H26ClN3O2S. The maximum Gasteiger partial charge on any atom is 0.279 e. The second-order valence-electron chi connectivity index (χ2n) is 5.43. The first-order chi connectivity index (χ1) is 8.59. The van der Waals surface area contributed by atoms with E-state index in [-0.39, 0.29) is 24.5 Å². The van der Waals surface area contributed by atoms with Gasteiger partial charge in [0.2, 0.25) is 0 Å². The maximum atomic E-state index is 12.3. The Bertz CT molecular complexity index is 356. The van der Waals surface area contributed by atoms with E-state index >= 15 is 0 Å². The summed E-state index contributed by atoms with van der Waals surface area (Å²) in [4.78, 5) is 0. The molecule has 2 aliphatic rings. The normalized spacial score (nSPS) is 30.4. The van der Waals surface area contributed by atoms with Crippen molar-refractivity contribution < 1.29 is 8.42 Å². The van der Waals surface area contributed by atoms with Gasteiger partial charge in [0, 0.05) is 25.2 Å². The van der Waals surface area contributed by atoms with Crippen LogP contribution in [0.1, 0.15) is 45.4 Å². The van der Waals surface area contributed by atoms with E-state index in [0.29, 0.717) is 13.1 Å². The molecule has 0 aliphatic carbocycles. The van der Waals surface area contributed by atoms with Gasteiger partial charge in [-0.2, -0.15) is 17.4 Å². The summed E-state index contributed by atoms with van der Waals surface area (Å²) in [6, 6.07) is 0.257. The zero-order chi connectivity index (χ0) is 13.0. The molecule has 2 aliphatic heterocycles. The molecule has 2 fully saturated rings. The Balaban J connectivity index is 0.00000180. The van der Waals surface area contributed by atoms with Crippen LogP contribution < -0.4 is 10.0 Å². The molecule has 0 amide bonds. The Morgan fingerprint density at radius 3 is 2.32 bits per heavy atom. The van der Waals surface area contributed by atoms with Crippen molar-refractivity contribution in [3.05, 3.63) is 0 Å². The van der Waals surface area contributed by atoms with Gasteiger partial charge in [0.15, 0.2) is 0 Å². The third-order valence-electron chi connectivity index (χ3n) is 3.97. The van der Waals surface area contributed by atoms with Crippen LogP contribution in [0, 0.1) is 0 Å². The van der Waals surface area contributed by atoms with Gasteiger partial charge >= 0.3 is 0 Å². The standard InChI is InChI=1S/C12H25N3O2S.ClH/c1-11-12(7-6-8-13-11)14-18(16,17)15-9-4-2-3-5-10-15;/h11-14H,2-10H2,1H3;1H. The average molecular weight is 312 g/mol. The second-order valence-corrected chi connectivity index (χ2v) is 7.13. The average Bonchev–Trinajstić information content (AvgIpc) is 2.61. The first-order valence-electron chi connectivity index (χ1n) is 7.10. The molecule has 2 heterocycles. The Hall–Kier alpha value is 0.120. The highest BCUT2D eigenvalue weighted by Gasteiger charge is 2.29. The fraction of sp³-hybridized carbons (Fsp3) is 1.00. The molecule has 0 spiro atoms. The van der Waals surface area contributed by atoms with Crippen molar-refractivity contribution in [2.24, 2.45) is 0 Å². The minimum absolute atomic E-state index is 0. The van der Waals surface area contributed by atoms with Crippen LogP contribution in [0.15, 0.2) is 0 Å². The van der Waals surface area contributed by atoms with Crippen molar-refractivity contribution in [3.63, 3.8) is 0 Å². The summed E-state index contributed by atoms with van der Waals surface area (Å²) in [5, 5.41) is 3.32. The van der Waals surface area contributed by atoms with E-state index in [2.05, 4.69) is 17.0 Å². The molecule has 2 N–H and O–H groups in total. The summed E-state index contributed by atoms with van der Waals surface area (Å²) in [6.45, 7) is 4.38. The fourth-order valence-electron chi connectivity index (χ4n) is 2.75. The highest BCUT2D eigenvalue weighted by Crippen LogP contribution is 2.15. The molecule has 114 valence electrons. The molecular weight excluding hydrogens is 286 g/mol. The van der Waals surface area contributed by atoms with Gasteiger partial charge < -0.3 is 5.32 Å². The summed E-state index contributed by atoms with van der Waals surface area (Å²) in [5.74, 6) is 0. The molecule has 2 rings (SSSR count). The Morgan fingerprint density at radius 1 is 1.11 bits per heavy atom. The zero-order valence-electron chi connectivity index (χ0n) is 11.6. The molecule has 19 heavy (non-hydrogen) atoms. The van der Waals surface area contributed by atoms with Crippen molar-refractivity contribution in [2.45, 2.75) is 57.5 Å².